The molecule has 9 heteroatoms. The Morgan fingerprint density at radius 1 is 1.04 bits per heavy atom. The van der Waals surface area contributed by atoms with E-state index in [2.05, 4.69) is 26.1 Å². The van der Waals surface area contributed by atoms with Crippen LogP contribution in [0.4, 0.5) is 10.5 Å². The molecular formula is C19H15N5O4. The van der Waals surface area contributed by atoms with Crippen LogP contribution in [0.1, 0.15) is 23.0 Å². The van der Waals surface area contributed by atoms with Gasteiger partial charge in [-0.1, -0.05) is 30.3 Å². The largest absolute Gasteiger partial charge is 0.322 e. The summed E-state index contributed by atoms with van der Waals surface area (Å²) in [5, 5.41) is 14.4. The molecule has 0 aliphatic carbocycles. The van der Waals surface area contributed by atoms with Gasteiger partial charge in [0.05, 0.1) is 5.39 Å². The number of amides is 4. The second kappa shape index (κ2) is 6.31. The van der Waals surface area contributed by atoms with Crippen LogP contribution in [0.3, 0.4) is 0 Å². The smallest absolute Gasteiger partial charge is 0.321 e. The standard InChI is InChI=1S/C19H15N5O4/c1-19(17(27)21-18(28)22-19)10-5-4-6-11(9-10)20-16(26)14-12-7-2-3-8-13(12)15(25)24-23-14/h2-9H,1H3,(H,20,26)(H,24,25)(H2,21,22,27,28)/t19-/m0/s1. The van der Waals surface area contributed by atoms with Crippen molar-refractivity contribution in [2.75, 3.05) is 5.32 Å². The first-order valence-electron chi connectivity index (χ1n) is 8.41. The monoisotopic (exact) mass is 377 g/mol. The van der Waals surface area contributed by atoms with Crippen LogP contribution in [0.15, 0.2) is 53.3 Å². The lowest BCUT2D eigenvalue weighted by molar-refractivity contribution is -0.123. The summed E-state index contributed by atoms with van der Waals surface area (Å²) in [6, 6.07) is 12.7. The van der Waals surface area contributed by atoms with Crippen LogP contribution in [0.5, 0.6) is 0 Å². The number of fused-ring (bicyclic) bond motifs is 1. The minimum absolute atomic E-state index is 0.0683. The second-order valence-electron chi connectivity index (χ2n) is 6.52. The van der Waals surface area contributed by atoms with E-state index in [4.69, 9.17) is 0 Å². The van der Waals surface area contributed by atoms with Gasteiger partial charge in [-0.05, 0) is 30.7 Å². The van der Waals surface area contributed by atoms with Crippen molar-refractivity contribution in [1.82, 2.24) is 20.8 Å². The lowest BCUT2D eigenvalue weighted by Gasteiger charge is -2.21. The van der Waals surface area contributed by atoms with Gasteiger partial charge in [-0.3, -0.25) is 19.7 Å². The average molecular weight is 377 g/mol. The molecule has 140 valence electrons. The van der Waals surface area contributed by atoms with Crippen LogP contribution < -0.4 is 21.5 Å². The molecule has 28 heavy (non-hydrogen) atoms. The van der Waals surface area contributed by atoms with E-state index in [9.17, 15) is 19.2 Å². The molecule has 1 saturated heterocycles. The molecule has 2 heterocycles. The van der Waals surface area contributed by atoms with E-state index >= 15 is 0 Å². The van der Waals surface area contributed by atoms with E-state index in [0.717, 1.165) is 0 Å². The van der Waals surface area contributed by atoms with E-state index in [-0.39, 0.29) is 11.3 Å². The fraction of sp³-hybridized carbons (Fsp3) is 0.105. The highest BCUT2D eigenvalue weighted by atomic mass is 16.2. The summed E-state index contributed by atoms with van der Waals surface area (Å²) >= 11 is 0. The van der Waals surface area contributed by atoms with E-state index in [0.29, 0.717) is 22.0 Å². The van der Waals surface area contributed by atoms with Gasteiger partial charge >= 0.3 is 6.03 Å². The molecule has 0 spiro atoms. The lowest BCUT2D eigenvalue weighted by Crippen LogP contribution is -2.40. The molecule has 1 aromatic heterocycles. The highest BCUT2D eigenvalue weighted by molar-refractivity contribution is 6.11. The molecule has 0 radical (unpaired) electrons. The second-order valence-corrected chi connectivity index (χ2v) is 6.52. The van der Waals surface area contributed by atoms with Gasteiger partial charge in [0.1, 0.15) is 5.54 Å². The Hall–Kier alpha value is -4.01. The molecule has 0 bridgehead atoms. The average Bonchev–Trinajstić information content (AvgIpc) is 2.95. The number of H-pyrrole nitrogens is 1. The van der Waals surface area contributed by atoms with Gasteiger partial charge in [-0.2, -0.15) is 5.10 Å². The maximum absolute atomic E-state index is 12.7. The van der Waals surface area contributed by atoms with E-state index in [1.807, 2.05) is 0 Å². The first kappa shape index (κ1) is 17.4. The molecule has 2 aromatic carbocycles. The van der Waals surface area contributed by atoms with Crippen LogP contribution >= 0.6 is 0 Å². The SMILES string of the molecule is C[C@@]1(c2cccc(NC(=O)c3n[nH]c(=O)c4ccccc34)c2)NC(=O)NC1=O. The van der Waals surface area contributed by atoms with Gasteiger partial charge in [0, 0.05) is 11.1 Å². The Morgan fingerprint density at radius 3 is 2.50 bits per heavy atom. The van der Waals surface area contributed by atoms with Crippen molar-refractivity contribution in [3.05, 3.63) is 70.1 Å². The Balaban J connectivity index is 1.67. The maximum Gasteiger partial charge on any atom is 0.322 e. The molecule has 9 nitrogen and oxygen atoms in total. The van der Waals surface area contributed by atoms with Gasteiger partial charge in [-0.25, -0.2) is 9.89 Å². The van der Waals surface area contributed by atoms with Gasteiger partial charge < -0.3 is 10.6 Å². The summed E-state index contributed by atoms with van der Waals surface area (Å²) in [7, 11) is 0. The maximum atomic E-state index is 12.7. The number of rotatable bonds is 3. The van der Waals surface area contributed by atoms with Gasteiger partial charge in [0.25, 0.3) is 17.4 Å². The van der Waals surface area contributed by atoms with E-state index in [1.54, 1.807) is 55.5 Å². The van der Waals surface area contributed by atoms with Crippen molar-refractivity contribution in [1.29, 1.82) is 0 Å². The molecule has 4 rings (SSSR count). The summed E-state index contributed by atoms with van der Waals surface area (Å²) in [5.74, 6) is -0.996. The fourth-order valence-corrected chi connectivity index (χ4v) is 3.13. The van der Waals surface area contributed by atoms with Crippen LogP contribution in [-0.2, 0) is 10.3 Å². The number of hydrogen-bond donors (Lipinski definition) is 4. The number of benzene rings is 2. The summed E-state index contributed by atoms with van der Waals surface area (Å²) in [5.41, 5.74) is -0.632. The van der Waals surface area contributed by atoms with Crippen molar-refractivity contribution < 1.29 is 14.4 Å². The van der Waals surface area contributed by atoms with Crippen LogP contribution in [-0.4, -0.2) is 28.0 Å². The number of nitrogens with one attached hydrogen (secondary N) is 4. The number of urea groups is 1. The predicted octanol–water partition coefficient (Wildman–Crippen LogP) is 1.23. The number of aromatic amines is 1. The zero-order valence-corrected chi connectivity index (χ0v) is 14.7. The van der Waals surface area contributed by atoms with Crippen LogP contribution in [0.2, 0.25) is 0 Å². The summed E-state index contributed by atoms with van der Waals surface area (Å²) in [6.45, 7) is 1.57. The van der Waals surface area contributed by atoms with Crippen molar-refractivity contribution in [3.8, 4) is 0 Å². The van der Waals surface area contributed by atoms with Gasteiger partial charge in [-0.15, -0.1) is 0 Å². The van der Waals surface area contributed by atoms with E-state index in [1.165, 1.54) is 0 Å². The van der Waals surface area contributed by atoms with Crippen molar-refractivity contribution >= 4 is 34.3 Å². The predicted molar refractivity (Wildman–Crippen MR) is 101 cm³/mol. The number of nitrogens with zero attached hydrogens (tertiary/aromatic N) is 1. The Labute approximate surface area is 158 Å². The highest BCUT2D eigenvalue weighted by Crippen LogP contribution is 2.26. The molecule has 4 amide bonds. The zero-order chi connectivity index (χ0) is 19.9. The molecule has 4 N–H and O–H groups in total. The number of hydrogen-bond acceptors (Lipinski definition) is 5. The van der Waals surface area contributed by atoms with Gasteiger partial charge in [0.2, 0.25) is 0 Å². The normalized spacial score (nSPS) is 18.6. The molecule has 1 aliphatic heterocycles. The van der Waals surface area contributed by atoms with Crippen LogP contribution in [0.25, 0.3) is 10.8 Å². The zero-order valence-electron chi connectivity index (χ0n) is 14.7. The third-order valence-electron chi connectivity index (χ3n) is 4.65. The van der Waals surface area contributed by atoms with E-state index < -0.39 is 23.4 Å². The molecule has 1 aliphatic rings. The minimum atomic E-state index is -1.24. The first-order chi connectivity index (χ1) is 13.4. The highest BCUT2D eigenvalue weighted by Gasteiger charge is 2.43. The number of anilines is 1. The Morgan fingerprint density at radius 2 is 1.79 bits per heavy atom. The van der Waals surface area contributed by atoms with Crippen molar-refractivity contribution in [3.63, 3.8) is 0 Å². The Bertz CT molecular complexity index is 1200. The number of carbonyl (C=O) groups excluding carboxylic acids is 3. The summed E-state index contributed by atoms with van der Waals surface area (Å²) < 4.78 is 0. The van der Waals surface area contributed by atoms with Crippen LogP contribution in [0, 0.1) is 0 Å². The third-order valence-corrected chi connectivity index (χ3v) is 4.65. The molecule has 0 saturated carbocycles. The fourth-order valence-electron chi connectivity index (χ4n) is 3.13. The molecule has 1 atom stereocenters. The summed E-state index contributed by atoms with van der Waals surface area (Å²) in [4.78, 5) is 48.2. The quantitative estimate of drug-likeness (QED) is 0.510. The summed E-state index contributed by atoms with van der Waals surface area (Å²) in [6.07, 6.45) is 0. The Kier molecular flexibility index (Phi) is 3.92. The molecule has 1 fully saturated rings. The number of aromatic nitrogens is 2. The third kappa shape index (κ3) is 2.78. The molecule has 3 aromatic rings. The molecular weight excluding hydrogens is 362 g/mol. The van der Waals surface area contributed by atoms with Crippen molar-refractivity contribution in [2.45, 2.75) is 12.5 Å². The minimum Gasteiger partial charge on any atom is -0.321 e. The topological polar surface area (TPSA) is 133 Å². The number of imide groups is 1. The van der Waals surface area contributed by atoms with Crippen molar-refractivity contribution in [2.24, 2.45) is 0 Å². The molecule has 0 unspecified atom stereocenters. The number of carbonyl (C=O) groups is 3. The first-order valence-corrected chi connectivity index (χ1v) is 8.41. The lowest BCUT2D eigenvalue weighted by atomic mass is 9.92. The van der Waals surface area contributed by atoms with Gasteiger partial charge in [0.15, 0.2) is 5.69 Å².